The van der Waals surface area contributed by atoms with E-state index < -0.39 is 17.9 Å². The van der Waals surface area contributed by atoms with Crippen LogP contribution < -0.4 is 4.74 Å². The summed E-state index contributed by atoms with van der Waals surface area (Å²) < 4.78 is 14.6. The molecule has 1 aromatic carbocycles. The van der Waals surface area contributed by atoms with Crippen LogP contribution in [0, 0.1) is 6.92 Å². The Morgan fingerprint density at radius 1 is 1.00 bits per heavy atom. The largest absolute Gasteiger partial charge is 0.462 e. The minimum atomic E-state index is -0.570. The number of ether oxygens (including phenoxy) is 3. The Hall–Kier alpha value is -2.63. The van der Waals surface area contributed by atoms with Gasteiger partial charge in [0.1, 0.15) is 19.0 Å². The summed E-state index contributed by atoms with van der Waals surface area (Å²) in [4.78, 5) is 33.7. The van der Waals surface area contributed by atoms with Gasteiger partial charge >= 0.3 is 17.9 Å². The summed E-state index contributed by atoms with van der Waals surface area (Å²) in [6.07, 6.45) is 1.57. The van der Waals surface area contributed by atoms with Gasteiger partial charge in [-0.05, 0) is 25.5 Å². The minimum absolute atomic E-state index is 0.0216. The molecule has 0 spiro atoms. The van der Waals surface area contributed by atoms with Crippen molar-refractivity contribution in [3.05, 3.63) is 42.5 Å². The predicted octanol–water partition coefficient (Wildman–Crippen LogP) is 2.34. The van der Waals surface area contributed by atoms with Gasteiger partial charge in [0.25, 0.3) is 0 Å². The minimum Gasteiger partial charge on any atom is -0.462 e. The van der Waals surface area contributed by atoms with E-state index in [4.69, 9.17) is 9.47 Å². The van der Waals surface area contributed by atoms with Crippen LogP contribution in [-0.2, 0) is 23.9 Å². The molecule has 0 fully saturated rings. The first-order chi connectivity index (χ1) is 11.0. The number of esters is 3. The molecule has 6 nitrogen and oxygen atoms in total. The maximum absolute atomic E-state index is 11.6. The van der Waals surface area contributed by atoms with Crippen molar-refractivity contribution in [2.45, 2.75) is 26.2 Å². The maximum Gasteiger partial charge on any atom is 0.330 e. The van der Waals surface area contributed by atoms with E-state index in [0.29, 0.717) is 12.2 Å². The van der Waals surface area contributed by atoms with E-state index in [1.807, 2.05) is 19.1 Å². The summed E-state index contributed by atoms with van der Waals surface area (Å²) in [7, 11) is 0. The van der Waals surface area contributed by atoms with Crippen LogP contribution in [-0.4, -0.2) is 31.1 Å². The van der Waals surface area contributed by atoms with Gasteiger partial charge in [0, 0.05) is 18.9 Å². The van der Waals surface area contributed by atoms with E-state index in [1.165, 1.54) is 0 Å². The van der Waals surface area contributed by atoms with Crippen LogP contribution in [0.25, 0.3) is 0 Å². The fraction of sp³-hybridized carbons (Fsp3) is 0.353. The first-order valence-electron chi connectivity index (χ1n) is 7.23. The number of benzene rings is 1. The number of hydrogen-bond acceptors (Lipinski definition) is 6. The molecule has 0 aromatic heterocycles. The number of carbonyl (C=O) groups excluding carboxylic acids is 3. The molecule has 23 heavy (non-hydrogen) atoms. The maximum atomic E-state index is 11.6. The normalized spacial score (nSPS) is 9.78. The van der Waals surface area contributed by atoms with E-state index in [2.05, 4.69) is 11.3 Å². The Morgan fingerprint density at radius 2 is 1.61 bits per heavy atom. The van der Waals surface area contributed by atoms with Gasteiger partial charge in [-0.25, -0.2) is 4.79 Å². The molecular weight excluding hydrogens is 300 g/mol. The van der Waals surface area contributed by atoms with E-state index in [0.717, 1.165) is 11.6 Å². The van der Waals surface area contributed by atoms with Crippen LogP contribution in [0.2, 0.25) is 0 Å². The second kappa shape index (κ2) is 10.2. The van der Waals surface area contributed by atoms with E-state index in [-0.39, 0.29) is 26.1 Å². The lowest BCUT2D eigenvalue weighted by molar-refractivity contribution is -0.149. The van der Waals surface area contributed by atoms with Crippen molar-refractivity contribution in [2.24, 2.45) is 0 Å². The SMILES string of the molecule is C=CC(=O)OCCOC(=O)CCCC(=O)Oc1ccc(C)cc1. The molecule has 0 amide bonds. The number of rotatable bonds is 9. The molecule has 0 saturated heterocycles. The van der Waals surface area contributed by atoms with Crippen molar-refractivity contribution in [1.82, 2.24) is 0 Å². The molecule has 124 valence electrons. The number of aryl methyl sites for hydroxylation is 1. The second-order valence-corrected chi connectivity index (χ2v) is 4.73. The summed E-state index contributed by atoms with van der Waals surface area (Å²) in [6, 6.07) is 7.12. The van der Waals surface area contributed by atoms with Gasteiger partial charge in [-0.3, -0.25) is 9.59 Å². The smallest absolute Gasteiger partial charge is 0.330 e. The number of carbonyl (C=O) groups is 3. The molecule has 0 N–H and O–H groups in total. The van der Waals surface area contributed by atoms with Gasteiger partial charge in [0.05, 0.1) is 0 Å². The summed E-state index contributed by atoms with van der Waals surface area (Å²) in [6.45, 7) is 5.14. The average Bonchev–Trinajstić information content (AvgIpc) is 2.53. The highest BCUT2D eigenvalue weighted by atomic mass is 16.6. The third-order valence-corrected chi connectivity index (χ3v) is 2.77. The summed E-state index contributed by atoms with van der Waals surface area (Å²) in [5.74, 6) is -0.948. The molecule has 0 bridgehead atoms. The second-order valence-electron chi connectivity index (χ2n) is 4.73. The van der Waals surface area contributed by atoms with E-state index in [9.17, 15) is 14.4 Å². The zero-order valence-corrected chi connectivity index (χ0v) is 13.1. The van der Waals surface area contributed by atoms with Crippen LogP contribution >= 0.6 is 0 Å². The van der Waals surface area contributed by atoms with Crippen molar-refractivity contribution < 1.29 is 28.6 Å². The van der Waals surface area contributed by atoms with Crippen LogP contribution in [0.3, 0.4) is 0 Å². The van der Waals surface area contributed by atoms with Crippen molar-refractivity contribution >= 4 is 17.9 Å². The fourth-order valence-electron chi connectivity index (χ4n) is 1.59. The van der Waals surface area contributed by atoms with Gasteiger partial charge in [0.2, 0.25) is 0 Å². The van der Waals surface area contributed by atoms with Gasteiger partial charge < -0.3 is 14.2 Å². The molecule has 0 saturated carbocycles. The summed E-state index contributed by atoms with van der Waals surface area (Å²) in [5.41, 5.74) is 1.08. The monoisotopic (exact) mass is 320 g/mol. The van der Waals surface area contributed by atoms with Gasteiger partial charge in [-0.15, -0.1) is 0 Å². The zero-order valence-electron chi connectivity index (χ0n) is 13.1. The molecule has 0 unspecified atom stereocenters. The Bertz CT molecular complexity index is 547. The summed E-state index contributed by atoms with van der Waals surface area (Å²) in [5, 5.41) is 0. The van der Waals surface area contributed by atoms with Crippen LogP contribution in [0.15, 0.2) is 36.9 Å². The molecule has 0 atom stereocenters. The topological polar surface area (TPSA) is 78.9 Å². The predicted molar refractivity (Wildman–Crippen MR) is 82.8 cm³/mol. The van der Waals surface area contributed by atoms with E-state index in [1.54, 1.807) is 12.1 Å². The molecule has 0 heterocycles. The Morgan fingerprint density at radius 3 is 2.26 bits per heavy atom. The van der Waals surface area contributed by atoms with Crippen LogP contribution in [0.5, 0.6) is 5.75 Å². The molecule has 0 aliphatic rings. The van der Waals surface area contributed by atoms with Crippen molar-refractivity contribution in [1.29, 1.82) is 0 Å². The molecule has 0 radical (unpaired) electrons. The average molecular weight is 320 g/mol. The third kappa shape index (κ3) is 8.40. The first-order valence-corrected chi connectivity index (χ1v) is 7.23. The lowest BCUT2D eigenvalue weighted by atomic mass is 10.2. The fourth-order valence-corrected chi connectivity index (χ4v) is 1.59. The molecule has 0 aliphatic heterocycles. The van der Waals surface area contributed by atoms with E-state index >= 15 is 0 Å². The third-order valence-electron chi connectivity index (χ3n) is 2.77. The quantitative estimate of drug-likeness (QED) is 0.301. The summed E-state index contributed by atoms with van der Waals surface area (Å²) >= 11 is 0. The van der Waals surface area contributed by atoms with Gasteiger partial charge in [-0.1, -0.05) is 24.3 Å². The number of hydrogen-bond donors (Lipinski definition) is 0. The molecule has 1 rings (SSSR count). The molecular formula is C17H20O6. The lowest BCUT2D eigenvalue weighted by Gasteiger charge is -2.06. The van der Waals surface area contributed by atoms with Gasteiger partial charge in [-0.2, -0.15) is 0 Å². The van der Waals surface area contributed by atoms with Crippen molar-refractivity contribution in [3.63, 3.8) is 0 Å². The standard InChI is InChI=1S/C17H20O6/c1-3-15(18)21-11-12-22-16(19)5-4-6-17(20)23-14-9-7-13(2)8-10-14/h3,7-10H,1,4-6,11-12H2,2H3. The first kappa shape index (κ1) is 18.4. The lowest BCUT2D eigenvalue weighted by Crippen LogP contribution is -2.13. The molecule has 0 aliphatic carbocycles. The van der Waals surface area contributed by atoms with Crippen molar-refractivity contribution in [2.75, 3.05) is 13.2 Å². The van der Waals surface area contributed by atoms with Crippen LogP contribution in [0.4, 0.5) is 0 Å². The Balaban J connectivity index is 2.12. The van der Waals surface area contributed by atoms with Crippen molar-refractivity contribution in [3.8, 4) is 5.75 Å². The Labute approximate surface area is 135 Å². The highest BCUT2D eigenvalue weighted by Crippen LogP contribution is 2.12. The highest BCUT2D eigenvalue weighted by molar-refractivity contribution is 5.81. The highest BCUT2D eigenvalue weighted by Gasteiger charge is 2.08. The van der Waals surface area contributed by atoms with Gasteiger partial charge in [0.15, 0.2) is 0 Å². The molecule has 6 heteroatoms. The Kier molecular flexibility index (Phi) is 8.13. The van der Waals surface area contributed by atoms with Crippen LogP contribution in [0.1, 0.15) is 24.8 Å². The zero-order chi connectivity index (χ0) is 17.1. The molecule has 1 aromatic rings.